The van der Waals surface area contributed by atoms with Gasteiger partial charge < -0.3 is 4.90 Å². The third-order valence-electron chi connectivity index (χ3n) is 2.36. The minimum absolute atomic E-state index is 0.102. The summed E-state index contributed by atoms with van der Waals surface area (Å²) in [5, 5.41) is 0. The second-order valence-electron chi connectivity index (χ2n) is 3.63. The Labute approximate surface area is 110 Å². The van der Waals surface area contributed by atoms with Gasteiger partial charge in [-0.1, -0.05) is 28.1 Å². The van der Waals surface area contributed by atoms with E-state index in [2.05, 4.69) is 28.1 Å². The molecule has 0 bridgehead atoms. The van der Waals surface area contributed by atoms with Gasteiger partial charge in [0.25, 0.3) is 0 Å². The molecule has 0 saturated carbocycles. The van der Waals surface area contributed by atoms with Crippen LogP contribution in [0.3, 0.4) is 0 Å². The molecule has 0 aliphatic rings. The van der Waals surface area contributed by atoms with Crippen molar-refractivity contribution in [2.24, 2.45) is 0 Å². The third kappa shape index (κ3) is 4.54. The molecule has 1 rings (SSSR count). The average Bonchev–Trinajstić information content (AvgIpc) is 2.26. The summed E-state index contributed by atoms with van der Waals surface area (Å²) in [5.74, 6) is 0.491. The van der Waals surface area contributed by atoms with E-state index in [0.29, 0.717) is 12.3 Å². The van der Waals surface area contributed by atoms with Crippen molar-refractivity contribution in [2.75, 3.05) is 19.5 Å². The Bertz CT molecular complexity index is 357. The van der Waals surface area contributed by atoms with Gasteiger partial charge in [0.2, 0.25) is 5.91 Å². The third-order valence-corrected chi connectivity index (χ3v) is 3.04. The first-order chi connectivity index (χ1) is 7.63. The summed E-state index contributed by atoms with van der Waals surface area (Å²) in [6.45, 7) is 0.728. The van der Waals surface area contributed by atoms with Gasteiger partial charge in [-0.3, -0.25) is 4.79 Å². The number of carbonyl (C=O) groups is 1. The van der Waals surface area contributed by atoms with Crippen LogP contribution < -0.4 is 0 Å². The molecular weight excluding hydrogens is 289 g/mol. The molecule has 0 N–H and O–H groups in total. The Morgan fingerprint density at radius 3 is 2.88 bits per heavy atom. The number of rotatable bonds is 5. The van der Waals surface area contributed by atoms with Crippen molar-refractivity contribution in [3.8, 4) is 0 Å². The second kappa shape index (κ2) is 6.92. The van der Waals surface area contributed by atoms with Crippen molar-refractivity contribution in [3.05, 3.63) is 34.3 Å². The fraction of sp³-hybridized carbons (Fsp3) is 0.417. The molecule has 0 aliphatic carbocycles. The highest BCUT2D eigenvalue weighted by Gasteiger charge is 2.07. The zero-order valence-corrected chi connectivity index (χ0v) is 11.6. The maximum Gasteiger partial charge on any atom is 0.223 e. The molecule has 2 nitrogen and oxygen atoms in total. The van der Waals surface area contributed by atoms with E-state index in [1.54, 1.807) is 4.90 Å². The molecule has 0 spiro atoms. The van der Waals surface area contributed by atoms with Crippen LogP contribution in [-0.4, -0.2) is 30.3 Å². The lowest BCUT2D eigenvalue weighted by Gasteiger charge is -2.16. The van der Waals surface area contributed by atoms with Gasteiger partial charge in [0.05, 0.1) is 0 Å². The van der Waals surface area contributed by atoms with Crippen LogP contribution in [0.15, 0.2) is 28.7 Å². The molecule has 0 atom stereocenters. The molecule has 1 aromatic carbocycles. The number of hydrogen-bond donors (Lipinski definition) is 0. The Morgan fingerprint density at radius 1 is 1.50 bits per heavy atom. The van der Waals surface area contributed by atoms with E-state index in [1.807, 2.05) is 19.2 Å². The van der Waals surface area contributed by atoms with Crippen molar-refractivity contribution in [2.45, 2.75) is 12.8 Å². The number of nitrogens with zero attached hydrogens (tertiary/aromatic N) is 1. The highest BCUT2D eigenvalue weighted by Crippen LogP contribution is 2.12. The number of carbonyl (C=O) groups excluding carboxylic acids is 1. The first kappa shape index (κ1) is 13.5. The Kier molecular flexibility index (Phi) is 5.85. The van der Waals surface area contributed by atoms with Gasteiger partial charge in [0.1, 0.15) is 0 Å². The lowest BCUT2D eigenvalue weighted by Crippen LogP contribution is -2.28. The van der Waals surface area contributed by atoms with Gasteiger partial charge >= 0.3 is 0 Å². The van der Waals surface area contributed by atoms with Crippen LogP contribution in [-0.2, 0) is 11.2 Å². The van der Waals surface area contributed by atoms with E-state index >= 15 is 0 Å². The zero-order chi connectivity index (χ0) is 12.0. The normalized spacial score (nSPS) is 10.2. The molecule has 1 aromatic rings. The SMILES string of the molecule is CN(CCc1cccc(Br)c1)C(=O)CCCl. The summed E-state index contributed by atoms with van der Waals surface area (Å²) in [4.78, 5) is 13.2. The van der Waals surface area contributed by atoms with Crippen LogP contribution in [0.25, 0.3) is 0 Å². The van der Waals surface area contributed by atoms with Crippen molar-refractivity contribution in [3.63, 3.8) is 0 Å². The van der Waals surface area contributed by atoms with E-state index in [1.165, 1.54) is 5.56 Å². The highest BCUT2D eigenvalue weighted by atomic mass is 79.9. The van der Waals surface area contributed by atoms with E-state index < -0.39 is 0 Å². The van der Waals surface area contributed by atoms with Gasteiger partial charge in [-0.25, -0.2) is 0 Å². The van der Waals surface area contributed by atoms with Gasteiger partial charge in [-0.05, 0) is 24.1 Å². The van der Waals surface area contributed by atoms with Crippen LogP contribution in [0, 0.1) is 0 Å². The first-order valence-electron chi connectivity index (χ1n) is 5.18. The molecule has 0 heterocycles. The van der Waals surface area contributed by atoms with Gasteiger partial charge in [0, 0.05) is 30.4 Å². The highest BCUT2D eigenvalue weighted by molar-refractivity contribution is 9.10. The molecule has 4 heteroatoms. The number of benzene rings is 1. The second-order valence-corrected chi connectivity index (χ2v) is 4.93. The Balaban J connectivity index is 2.42. The number of halogens is 2. The number of amides is 1. The summed E-state index contributed by atoms with van der Waals surface area (Å²) in [6, 6.07) is 8.12. The topological polar surface area (TPSA) is 20.3 Å². The maximum atomic E-state index is 11.5. The zero-order valence-electron chi connectivity index (χ0n) is 9.25. The summed E-state index contributed by atoms with van der Waals surface area (Å²) in [7, 11) is 1.81. The molecule has 0 aliphatic heterocycles. The van der Waals surface area contributed by atoms with Crippen molar-refractivity contribution in [1.82, 2.24) is 4.90 Å². The molecule has 16 heavy (non-hydrogen) atoms. The average molecular weight is 305 g/mol. The fourth-order valence-corrected chi connectivity index (χ4v) is 1.99. The van der Waals surface area contributed by atoms with Crippen LogP contribution in [0.5, 0.6) is 0 Å². The molecule has 0 radical (unpaired) electrons. The minimum Gasteiger partial charge on any atom is -0.345 e. The van der Waals surface area contributed by atoms with Crippen LogP contribution in [0.1, 0.15) is 12.0 Å². The van der Waals surface area contributed by atoms with Crippen molar-refractivity contribution in [1.29, 1.82) is 0 Å². The number of hydrogen-bond acceptors (Lipinski definition) is 1. The van der Waals surface area contributed by atoms with E-state index in [4.69, 9.17) is 11.6 Å². The van der Waals surface area contributed by atoms with E-state index in [0.717, 1.165) is 17.4 Å². The largest absolute Gasteiger partial charge is 0.345 e. The number of alkyl halides is 1. The standard InChI is InChI=1S/C12H15BrClNO/c1-15(12(16)5-7-14)8-6-10-3-2-4-11(13)9-10/h2-4,9H,5-8H2,1H3. The lowest BCUT2D eigenvalue weighted by atomic mass is 10.1. The Morgan fingerprint density at radius 2 is 2.25 bits per heavy atom. The molecule has 0 fully saturated rings. The van der Waals surface area contributed by atoms with Gasteiger partial charge in [0.15, 0.2) is 0 Å². The summed E-state index contributed by atoms with van der Waals surface area (Å²) in [6.07, 6.45) is 1.28. The molecule has 1 amide bonds. The van der Waals surface area contributed by atoms with Crippen LogP contribution in [0.4, 0.5) is 0 Å². The quantitative estimate of drug-likeness (QED) is 0.766. The smallest absolute Gasteiger partial charge is 0.223 e. The maximum absolute atomic E-state index is 11.5. The molecular formula is C12H15BrClNO. The summed E-state index contributed by atoms with van der Waals surface area (Å²) >= 11 is 8.95. The first-order valence-corrected chi connectivity index (χ1v) is 6.50. The van der Waals surface area contributed by atoms with Crippen LogP contribution in [0.2, 0.25) is 0 Å². The Hall–Kier alpha value is -0.540. The monoisotopic (exact) mass is 303 g/mol. The molecule has 0 unspecified atom stereocenters. The van der Waals surface area contributed by atoms with Crippen molar-refractivity contribution >= 4 is 33.4 Å². The molecule has 0 saturated heterocycles. The van der Waals surface area contributed by atoms with Crippen molar-refractivity contribution < 1.29 is 4.79 Å². The lowest BCUT2D eigenvalue weighted by molar-refractivity contribution is -0.129. The van der Waals surface area contributed by atoms with Gasteiger partial charge in [-0.15, -0.1) is 11.6 Å². The summed E-state index contributed by atoms with van der Waals surface area (Å²) in [5.41, 5.74) is 1.22. The predicted octanol–water partition coefficient (Wildman–Crippen LogP) is 3.08. The summed E-state index contributed by atoms with van der Waals surface area (Å²) < 4.78 is 1.07. The van der Waals surface area contributed by atoms with E-state index in [9.17, 15) is 4.79 Å². The molecule has 88 valence electrons. The minimum atomic E-state index is 0.102. The number of likely N-dealkylation sites (N-methyl/N-ethyl adjacent to an activating group) is 1. The fourth-order valence-electron chi connectivity index (χ4n) is 1.39. The predicted molar refractivity (Wildman–Crippen MR) is 70.8 cm³/mol. The van der Waals surface area contributed by atoms with Crippen LogP contribution >= 0.6 is 27.5 Å². The van der Waals surface area contributed by atoms with Gasteiger partial charge in [-0.2, -0.15) is 0 Å². The molecule has 0 aromatic heterocycles. The van der Waals surface area contributed by atoms with E-state index in [-0.39, 0.29) is 5.91 Å².